The van der Waals surface area contributed by atoms with Crippen molar-refractivity contribution in [3.63, 3.8) is 0 Å². The molecule has 0 aliphatic carbocycles. The van der Waals surface area contributed by atoms with Crippen LogP contribution < -0.4 is 0 Å². The van der Waals surface area contributed by atoms with E-state index in [0.717, 1.165) is 35.4 Å². The number of nitrogens with one attached hydrogen (secondary N) is 1. The first-order chi connectivity index (χ1) is 11.0. The lowest BCUT2D eigenvalue weighted by Gasteiger charge is -2.22. The first-order valence-corrected chi connectivity index (χ1v) is 7.88. The van der Waals surface area contributed by atoms with Crippen molar-refractivity contribution in [2.45, 2.75) is 39.7 Å². The minimum absolute atomic E-state index is 0.0359. The lowest BCUT2D eigenvalue weighted by atomic mass is 10.1. The number of aryl methyl sites for hydroxylation is 3. The molecule has 0 atom stereocenters. The van der Waals surface area contributed by atoms with Crippen LogP contribution in [0.5, 0.6) is 0 Å². The number of nitrogens with zero attached hydrogens (tertiary/aromatic N) is 4. The number of aromatic amines is 1. The van der Waals surface area contributed by atoms with Gasteiger partial charge >= 0.3 is 0 Å². The first kappa shape index (κ1) is 17.2. The molecule has 0 aromatic carbocycles. The minimum Gasteiger partial charge on any atom is -0.395 e. The zero-order chi connectivity index (χ0) is 16.8. The van der Waals surface area contributed by atoms with Crippen molar-refractivity contribution in [2.75, 3.05) is 13.2 Å². The molecule has 0 unspecified atom stereocenters. The summed E-state index contributed by atoms with van der Waals surface area (Å²) in [6, 6.07) is 0. The number of H-pyrrole nitrogens is 1. The van der Waals surface area contributed by atoms with E-state index in [2.05, 4.69) is 15.3 Å². The molecule has 7 nitrogen and oxygen atoms in total. The van der Waals surface area contributed by atoms with Crippen LogP contribution in [0.2, 0.25) is 0 Å². The first-order valence-electron chi connectivity index (χ1n) is 7.88. The van der Waals surface area contributed by atoms with Crippen LogP contribution >= 0.6 is 0 Å². The Balaban J connectivity index is 1.95. The van der Waals surface area contributed by atoms with E-state index < -0.39 is 0 Å². The Labute approximate surface area is 136 Å². The van der Waals surface area contributed by atoms with Crippen LogP contribution in [0.4, 0.5) is 0 Å². The summed E-state index contributed by atoms with van der Waals surface area (Å²) in [5.41, 5.74) is 4.14. The van der Waals surface area contributed by atoms with Crippen LogP contribution in [-0.2, 0) is 24.8 Å². The van der Waals surface area contributed by atoms with Gasteiger partial charge in [0, 0.05) is 44.0 Å². The summed E-state index contributed by atoms with van der Waals surface area (Å²) in [6.45, 7) is 4.75. The fraction of sp³-hybridized carbons (Fsp3) is 0.562. The zero-order valence-electron chi connectivity index (χ0n) is 14.0. The molecule has 1 amide bonds. The second-order valence-corrected chi connectivity index (χ2v) is 5.77. The summed E-state index contributed by atoms with van der Waals surface area (Å²) in [5, 5.41) is 20.3. The highest BCUT2D eigenvalue weighted by molar-refractivity contribution is 5.76. The van der Waals surface area contributed by atoms with Crippen molar-refractivity contribution in [1.82, 2.24) is 24.9 Å². The molecule has 0 aliphatic rings. The van der Waals surface area contributed by atoms with Crippen LogP contribution in [0, 0.1) is 13.8 Å². The minimum atomic E-state index is -0.0359. The van der Waals surface area contributed by atoms with Crippen LogP contribution in [0.15, 0.2) is 12.4 Å². The lowest BCUT2D eigenvalue weighted by Crippen LogP contribution is -2.33. The van der Waals surface area contributed by atoms with E-state index in [4.69, 9.17) is 0 Å². The summed E-state index contributed by atoms with van der Waals surface area (Å²) in [6.07, 6.45) is 5.67. The zero-order valence-corrected chi connectivity index (χ0v) is 14.0. The largest absolute Gasteiger partial charge is 0.395 e. The maximum atomic E-state index is 12.5. The molecule has 0 saturated heterocycles. The quantitative estimate of drug-likeness (QED) is 0.763. The van der Waals surface area contributed by atoms with Crippen LogP contribution in [0.25, 0.3) is 0 Å². The average molecular weight is 319 g/mol. The smallest absolute Gasteiger partial charge is 0.222 e. The summed E-state index contributed by atoms with van der Waals surface area (Å²) in [7, 11) is 1.90. The van der Waals surface area contributed by atoms with Crippen LogP contribution in [0.3, 0.4) is 0 Å². The lowest BCUT2D eigenvalue weighted by molar-refractivity contribution is -0.132. The van der Waals surface area contributed by atoms with Gasteiger partial charge in [0.25, 0.3) is 0 Å². The van der Waals surface area contributed by atoms with Crippen molar-refractivity contribution in [3.05, 3.63) is 34.9 Å². The molecule has 2 heterocycles. The Hall–Kier alpha value is -2.15. The molecule has 7 heteroatoms. The van der Waals surface area contributed by atoms with Crippen LogP contribution in [0.1, 0.15) is 35.4 Å². The van der Waals surface area contributed by atoms with E-state index in [9.17, 15) is 9.90 Å². The highest BCUT2D eigenvalue weighted by Crippen LogP contribution is 2.16. The molecule has 0 aliphatic heterocycles. The summed E-state index contributed by atoms with van der Waals surface area (Å²) < 4.78 is 1.82. The molecule has 0 bridgehead atoms. The van der Waals surface area contributed by atoms with Gasteiger partial charge in [-0.15, -0.1) is 0 Å². The van der Waals surface area contributed by atoms with Gasteiger partial charge in [0.1, 0.15) is 0 Å². The van der Waals surface area contributed by atoms with Gasteiger partial charge in [-0.2, -0.15) is 10.2 Å². The molecular weight excluding hydrogens is 294 g/mol. The Morgan fingerprint density at radius 1 is 1.43 bits per heavy atom. The molecule has 2 aromatic rings. The number of amides is 1. The fourth-order valence-corrected chi connectivity index (χ4v) is 2.67. The Bertz CT molecular complexity index is 633. The van der Waals surface area contributed by atoms with Gasteiger partial charge in [-0.25, -0.2) is 0 Å². The van der Waals surface area contributed by atoms with Crippen molar-refractivity contribution in [1.29, 1.82) is 0 Å². The summed E-state index contributed by atoms with van der Waals surface area (Å²) in [4.78, 5) is 14.2. The van der Waals surface area contributed by atoms with Gasteiger partial charge in [-0.3, -0.25) is 14.6 Å². The van der Waals surface area contributed by atoms with E-state index in [1.165, 1.54) is 0 Å². The third-order valence-corrected chi connectivity index (χ3v) is 4.14. The molecule has 2 N–H and O–H groups in total. The number of hydrogen-bond acceptors (Lipinski definition) is 4. The molecule has 2 rings (SSSR count). The highest BCUT2D eigenvalue weighted by Gasteiger charge is 2.18. The second-order valence-electron chi connectivity index (χ2n) is 5.77. The Morgan fingerprint density at radius 3 is 2.78 bits per heavy atom. The fourth-order valence-electron chi connectivity index (χ4n) is 2.67. The molecule has 126 valence electrons. The van der Waals surface area contributed by atoms with Gasteiger partial charge in [0.15, 0.2) is 0 Å². The van der Waals surface area contributed by atoms with E-state index in [-0.39, 0.29) is 12.5 Å². The number of hydrogen-bond donors (Lipinski definition) is 2. The number of aliphatic hydroxyl groups is 1. The number of aromatic nitrogens is 4. The van der Waals surface area contributed by atoms with Crippen molar-refractivity contribution in [2.24, 2.45) is 7.05 Å². The van der Waals surface area contributed by atoms with Crippen molar-refractivity contribution >= 4 is 5.91 Å². The molecule has 0 radical (unpaired) electrons. The number of carbonyl (C=O) groups excluding carboxylic acids is 1. The molecule has 0 fully saturated rings. The maximum absolute atomic E-state index is 12.5. The highest BCUT2D eigenvalue weighted by atomic mass is 16.3. The predicted octanol–water partition coefficient (Wildman–Crippen LogP) is 1.10. The molecular formula is C16H25N5O2. The number of carbonyl (C=O) groups is 1. The summed E-state index contributed by atoms with van der Waals surface area (Å²) >= 11 is 0. The monoisotopic (exact) mass is 319 g/mol. The molecule has 0 saturated carbocycles. The van der Waals surface area contributed by atoms with Gasteiger partial charge in [-0.1, -0.05) is 0 Å². The van der Waals surface area contributed by atoms with Gasteiger partial charge in [0.05, 0.1) is 18.5 Å². The molecule has 2 aromatic heterocycles. The Kier molecular flexibility index (Phi) is 5.92. The maximum Gasteiger partial charge on any atom is 0.222 e. The van der Waals surface area contributed by atoms with Gasteiger partial charge < -0.3 is 10.0 Å². The third-order valence-electron chi connectivity index (χ3n) is 4.14. The molecule has 23 heavy (non-hydrogen) atoms. The Morgan fingerprint density at radius 2 is 2.22 bits per heavy atom. The number of rotatable bonds is 8. The van der Waals surface area contributed by atoms with Gasteiger partial charge in [-0.05, 0) is 32.3 Å². The standard InChI is InChI=1S/C16H25N5O2/c1-12-15(13(2)20(3)19-12)11-21(7-8-22)16(23)6-4-5-14-9-17-18-10-14/h9-10,22H,4-8,11H2,1-3H3,(H,17,18). The van der Waals surface area contributed by atoms with Crippen molar-refractivity contribution in [3.8, 4) is 0 Å². The summed E-state index contributed by atoms with van der Waals surface area (Å²) in [5.74, 6) is 0.0604. The van der Waals surface area contributed by atoms with Crippen molar-refractivity contribution < 1.29 is 9.90 Å². The van der Waals surface area contributed by atoms with Crippen LogP contribution in [-0.4, -0.2) is 49.0 Å². The third kappa shape index (κ3) is 4.41. The average Bonchev–Trinajstić information content (AvgIpc) is 3.10. The second kappa shape index (κ2) is 7.92. The van der Waals surface area contributed by atoms with E-state index in [1.807, 2.05) is 31.8 Å². The topological polar surface area (TPSA) is 87.0 Å². The van der Waals surface area contributed by atoms with E-state index >= 15 is 0 Å². The predicted molar refractivity (Wildman–Crippen MR) is 86.7 cm³/mol. The van der Waals surface area contributed by atoms with Gasteiger partial charge in [0.2, 0.25) is 5.91 Å². The SMILES string of the molecule is Cc1nn(C)c(C)c1CN(CCO)C(=O)CCCc1cn[nH]c1. The number of aliphatic hydroxyl groups excluding tert-OH is 1. The molecule has 0 spiro atoms. The van der Waals surface area contributed by atoms with E-state index in [0.29, 0.717) is 19.5 Å². The van der Waals surface area contributed by atoms with E-state index in [1.54, 1.807) is 11.1 Å². The normalized spacial score (nSPS) is 11.0.